The van der Waals surface area contributed by atoms with Crippen LogP contribution in [0.5, 0.6) is 0 Å². The van der Waals surface area contributed by atoms with Gasteiger partial charge in [-0.15, -0.1) is 0 Å². The second-order valence-corrected chi connectivity index (χ2v) is 6.64. The van der Waals surface area contributed by atoms with E-state index in [1.54, 1.807) is 25.1 Å². The molecule has 1 heterocycles. The number of halogens is 1. The van der Waals surface area contributed by atoms with Crippen LogP contribution in [0.1, 0.15) is 23.0 Å². The Hall–Kier alpha value is -2.06. The van der Waals surface area contributed by atoms with Crippen molar-refractivity contribution in [2.24, 2.45) is 0 Å². The first-order valence-electron chi connectivity index (χ1n) is 7.39. The van der Waals surface area contributed by atoms with E-state index in [0.29, 0.717) is 24.4 Å². The van der Waals surface area contributed by atoms with Crippen LogP contribution >= 0.6 is 0 Å². The normalized spacial score (nSPS) is 10.9. The van der Waals surface area contributed by atoms with Gasteiger partial charge in [0.25, 0.3) is 0 Å². The summed E-state index contributed by atoms with van der Waals surface area (Å²) in [4.78, 5) is 12.3. The van der Waals surface area contributed by atoms with Crippen molar-refractivity contribution in [3.05, 3.63) is 65.6 Å². The SMILES string of the molecule is CCOC(=O)c1cc2cc([AsH2])ccc2n1Cc1ccccc1F. The number of aromatic nitrogens is 1. The summed E-state index contributed by atoms with van der Waals surface area (Å²) in [5.41, 5.74) is 1.89. The average molecular weight is 373 g/mol. The van der Waals surface area contributed by atoms with Crippen LogP contribution < -0.4 is 4.35 Å². The first kappa shape index (κ1) is 15.8. The predicted molar refractivity (Wildman–Crippen MR) is 91.6 cm³/mol. The van der Waals surface area contributed by atoms with E-state index in [2.05, 4.69) is 0 Å². The quantitative estimate of drug-likeness (QED) is 0.519. The zero-order valence-corrected chi connectivity index (χ0v) is 15.2. The number of fused-ring (bicyclic) bond motifs is 1. The van der Waals surface area contributed by atoms with E-state index in [1.807, 2.05) is 28.8 Å². The molecule has 0 aliphatic heterocycles. The van der Waals surface area contributed by atoms with Gasteiger partial charge in [-0.1, -0.05) is 0 Å². The third kappa shape index (κ3) is 3.18. The van der Waals surface area contributed by atoms with Gasteiger partial charge in [0.05, 0.1) is 0 Å². The van der Waals surface area contributed by atoms with Crippen molar-refractivity contribution in [1.29, 1.82) is 0 Å². The molecule has 0 aliphatic rings. The van der Waals surface area contributed by atoms with Crippen LogP contribution in [0.2, 0.25) is 0 Å². The Bertz CT molecular complexity index is 873. The van der Waals surface area contributed by atoms with Gasteiger partial charge >= 0.3 is 142 Å². The fourth-order valence-electron chi connectivity index (χ4n) is 2.63. The average Bonchev–Trinajstić information content (AvgIpc) is 2.87. The summed E-state index contributed by atoms with van der Waals surface area (Å²) in [6.45, 7) is 2.37. The third-order valence-electron chi connectivity index (χ3n) is 3.70. The Morgan fingerprint density at radius 3 is 2.74 bits per heavy atom. The Balaban J connectivity index is 2.14. The van der Waals surface area contributed by atoms with Crippen molar-refractivity contribution in [3.8, 4) is 0 Å². The van der Waals surface area contributed by atoms with E-state index >= 15 is 0 Å². The van der Waals surface area contributed by atoms with E-state index in [0.717, 1.165) is 10.9 Å². The number of hydrogen-bond acceptors (Lipinski definition) is 2. The molecule has 3 nitrogen and oxygen atoms in total. The number of benzene rings is 2. The van der Waals surface area contributed by atoms with E-state index in [9.17, 15) is 9.18 Å². The molecule has 3 aromatic rings. The van der Waals surface area contributed by atoms with Crippen molar-refractivity contribution in [2.75, 3.05) is 6.61 Å². The molecule has 1 atom stereocenters. The maximum atomic E-state index is 14.0. The molecule has 3 rings (SSSR count). The topological polar surface area (TPSA) is 31.2 Å². The van der Waals surface area contributed by atoms with Crippen LogP contribution in [0.15, 0.2) is 48.5 Å². The molecule has 0 radical (unpaired) electrons. The fraction of sp³-hybridized carbons (Fsp3) is 0.167. The standard InChI is InChI=1S/C18H17AsFNO2/c1-2-23-18(22)17-10-13-9-14(19)7-8-16(13)21(17)11-12-5-3-4-6-15(12)20/h3-10H,2,11,19H2,1H3. The van der Waals surface area contributed by atoms with Crippen LogP contribution in [-0.2, 0) is 11.3 Å². The number of rotatable bonds is 4. The zero-order chi connectivity index (χ0) is 16.4. The van der Waals surface area contributed by atoms with Gasteiger partial charge in [0.2, 0.25) is 0 Å². The second kappa shape index (κ2) is 6.59. The molecule has 0 N–H and O–H groups in total. The van der Waals surface area contributed by atoms with Crippen molar-refractivity contribution >= 4 is 38.1 Å². The van der Waals surface area contributed by atoms with Crippen LogP contribution in [-0.4, -0.2) is 34.0 Å². The molecular weight excluding hydrogens is 356 g/mol. The van der Waals surface area contributed by atoms with Gasteiger partial charge in [-0.05, 0) is 0 Å². The van der Waals surface area contributed by atoms with E-state index < -0.39 is 0 Å². The summed E-state index contributed by atoms with van der Waals surface area (Å²) in [5.74, 6) is -0.664. The summed E-state index contributed by atoms with van der Waals surface area (Å²) < 4.78 is 22.1. The van der Waals surface area contributed by atoms with Crippen molar-refractivity contribution in [2.45, 2.75) is 13.5 Å². The second-order valence-electron chi connectivity index (χ2n) is 5.25. The van der Waals surface area contributed by atoms with Gasteiger partial charge in [-0.2, -0.15) is 0 Å². The zero-order valence-electron chi connectivity index (χ0n) is 12.8. The molecule has 2 aromatic carbocycles. The third-order valence-corrected chi connectivity index (χ3v) is 4.45. The van der Waals surface area contributed by atoms with E-state index in [4.69, 9.17) is 4.74 Å². The van der Waals surface area contributed by atoms with E-state index in [-0.39, 0.29) is 11.8 Å². The Morgan fingerprint density at radius 2 is 2.00 bits per heavy atom. The molecule has 1 unspecified atom stereocenters. The Morgan fingerprint density at radius 1 is 1.22 bits per heavy atom. The van der Waals surface area contributed by atoms with Gasteiger partial charge in [0.1, 0.15) is 0 Å². The molecule has 5 heteroatoms. The van der Waals surface area contributed by atoms with Crippen LogP contribution in [0.25, 0.3) is 10.9 Å². The van der Waals surface area contributed by atoms with Crippen LogP contribution in [0.3, 0.4) is 0 Å². The molecular formula is C18H17AsFNO2. The minimum atomic E-state index is -0.386. The Kier molecular flexibility index (Phi) is 4.53. The minimum absolute atomic E-state index is 0.278. The van der Waals surface area contributed by atoms with Crippen molar-refractivity contribution < 1.29 is 13.9 Å². The molecule has 0 spiro atoms. The summed E-state index contributed by atoms with van der Waals surface area (Å²) in [6, 6.07) is 14.4. The van der Waals surface area contributed by atoms with Crippen LogP contribution in [0, 0.1) is 5.82 Å². The molecule has 0 bridgehead atoms. The van der Waals surface area contributed by atoms with Gasteiger partial charge in [-0.3, -0.25) is 0 Å². The number of esters is 1. The maximum absolute atomic E-state index is 14.0. The number of nitrogens with zero attached hydrogens (tertiary/aromatic N) is 1. The summed E-state index contributed by atoms with van der Waals surface area (Å²) in [6.07, 6.45) is 0. The van der Waals surface area contributed by atoms with Gasteiger partial charge in [0, 0.05) is 0 Å². The molecule has 0 amide bonds. The summed E-state index contributed by atoms with van der Waals surface area (Å²) in [7, 11) is 0. The molecule has 0 aliphatic carbocycles. The number of hydrogen-bond donors (Lipinski definition) is 0. The van der Waals surface area contributed by atoms with Crippen molar-refractivity contribution in [3.63, 3.8) is 0 Å². The Labute approximate surface area is 142 Å². The molecule has 23 heavy (non-hydrogen) atoms. The molecule has 0 fully saturated rings. The summed E-state index contributed by atoms with van der Waals surface area (Å²) >= 11 is 1.52. The van der Waals surface area contributed by atoms with Gasteiger partial charge in [-0.25, -0.2) is 0 Å². The number of ether oxygens (including phenoxy) is 1. The first-order valence-corrected chi connectivity index (χ1v) is 8.60. The number of carbonyl (C=O) groups excluding carboxylic acids is 1. The van der Waals surface area contributed by atoms with Crippen LogP contribution in [0.4, 0.5) is 4.39 Å². The van der Waals surface area contributed by atoms with E-state index in [1.165, 1.54) is 27.3 Å². The number of carbonyl (C=O) groups is 1. The molecule has 0 saturated heterocycles. The van der Waals surface area contributed by atoms with Gasteiger partial charge in [0.15, 0.2) is 0 Å². The first-order chi connectivity index (χ1) is 11.1. The molecule has 118 valence electrons. The van der Waals surface area contributed by atoms with Gasteiger partial charge < -0.3 is 0 Å². The monoisotopic (exact) mass is 373 g/mol. The molecule has 1 aromatic heterocycles. The molecule has 0 saturated carbocycles. The van der Waals surface area contributed by atoms with Crippen molar-refractivity contribution in [1.82, 2.24) is 4.57 Å². The fourth-order valence-corrected chi connectivity index (χ4v) is 3.21. The predicted octanol–water partition coefficient (Wildman–Crippen LogP) is 2.26. The summed E-state index contributed by atoms with van der Waals surface area (Å²) in [5, 5.41) is 0.964.